The molecule has 27 heavy (non-hydrogen) atoms. The minimum Gasteiger partial charge on any atom is -0.453 e. The van der Waals surface area contributed by atoms with Crippen molar-refractivity contribution in [3.8, 4) is 0 Å². The van der Waals surface area contributed by atoms with Crippen molar-refractivity contribution in [2.45, 2.75) is 64.4 Å². The molecule has 0 saturated heterocycles. The molecule has 0 unspecified atom stereocenters. The van der Waals surface area contributed by atoms with E-state index in [0.717, 1.165) is 32.1 Å². The number of carbonyl (C=O) groups is 3. The molecular formula is C22H27BrO4. The Morgan fingerprint density at radius 3 is 2.78 bits per heavy atom. The molecule has 2 fully saturated rings. The van der Waals surface area contributed by atoms with Crippen LogP contribution in [-0.2, 0) is 19.1 Å². The number of hydrogen-bond acceptors (Lipinski definition) is 4. The van der Waals surface area contributed by atoms with Crippen molar-refractivity contribution in [2.75, 3.05) is 5.33 Å². The lowest BCUT2D eigenvalue weighted by atomic mass is 9.50. The lowest BCUT2D eigenvalue weighted by Gasteiger charge is -2.54. The molecule has 146 valence electrons. The van der Waals surface area contributed by atoms with Crippen molar-refractivity contribution in [1.29, 1.82) is 0 Å². The van der Waals surface area contributed by atoms with Crippen molar-refractivity contribution in [2.24, 2.45) is 22.7 Å². The Morgan fingerprint density at radius 1 is 1.30 bits per heavy atom. The maximum absolute atomic E-state index is 12.9. The van der Waals surface area contributed by atoms with Crippen LogP contribution in [-0.4, -0.2) is 29.0 Å². The van der Waals surface area contributed by atoms with Gasteiger partial charge in [-0.15, -0.1) is 0 Å². The Balaban J connectivity index is 1.77. The van der Waals surface area contributed by atoms with Crippen LogP contribution in [0.5, 0.6) is 0 Å². The van der Waals surface area contributed by atoms with Crippen LogP contribution in [0, 0.1) is 22.7 Å². The number of Topliss-reactive ketones (excluding diaryl/α,β-unsaturated/α-hetero) is 1. The smallest absolute Gasteiger partial charge is 0.294 e. The summed E-state index contributed by atoms with van der Waals surface area (Å²) in [6.07, 6.45) is 9.92. The molecule has 5 heteroatoms. The summed E-state index contributed by atoms with van der Waals surface area (Å²) in [6, 6.07) is 0. The van der Waals surface area contributed by atoms with E-state index in [4.69, 9.17) is 4.74 Å². The molecule has 4 rings (SSSR count). The topological polar surface area (TPSA) is 60.4 Å². The van der Waals surface area contributed by atoms with Crippen molar-refractivity contribution >= 4 is 34.0 Å². The fraction of sp³-hybridized carbons (Fsp3) is 0.682. The molecule has 0 spiro atoms. The zero-order valence-corrected chi connectivity index (χ0v) is 17.6. The van der Waals surface area contributed by atoms with Gasteiger partial charge in [-0.3, -0.25) is 14.4 Å². The zero-order valence-electron chi connectivity index (χ0n) is 16.1. The number of ether oxygens (including phenoxy) is 1. The first-order valence-corrected chi connectivity index (χ1v) is 11.1. The van der Waals surface area contributed by atoms with Gasteiger partial charge in [-0.25, -0.2) is 0 Å². The largest absolute Gasteiger partial charge is 0.453 e. The van der Waals surface area contributed by atoms with Crippen LogP contribution in [0.2, 0.25) is 0 Å². The van der Waals surface area contributed by atoms with E-state index in [2.05, 4.69) is 35.9 Å². The Kier molecular flexibility index (Phi) is 4.53. The molecule has 0 aromatic rings. The van der Waals surface area contributed by atoms with E-state index in [-0.39, 0.29) is 27.7 Å². The van der Waals surface area contributed by atoms with E-state index >= 15 is 0 Å². The van der Waals surface area contributed by atoms with Crippen LogP contribution in [0.4, 0.5) is 0 Å². The average molecular weight is 435 g/mol. The molecular weight excluding hydrogens is 408 g/mol. The van der Waals surface area contributed by atoms with E-state index in [0.29, 0.717) is 31.1 Å². The van der Waals surface area contributed by atoms with Crippen LogP contribution in [0.15, 0.2) is 23.3 Å². The normalized spacial score (nSPS) is 43.0. The Bertz CT molecular complexity index is 768. The van der Waals surface area contributed by atoms with Gasteiger partial charge in [-0.1, -0.05) is 47.0 Å². The Hall–Kier alpha value is -1.23. The number of carbonyl (C=O) groups excluding carboxylic acids is 3. The summed E-state index contributed by atoms with van der Waals surface area (Å²) in [5, 5.41) is 0.205. The highest BCUT2D eigenvalue weighted by Gasteiger charge is 2.66. The molecule has 0 aliphatic heterocycles. The first-order chi connectivity index (χ1) is 12.8. The summed E-state index contributed by atoms with van der Waals surface area (Å²) in [5.74, 6) is 0.961. The molecule has 4 nitrogen and oxygen atoms in total. The SMILES string of the molecule is C[C@]12CCC(=O)C=C1CC[C@@H]1C2=CC[C@@]2(C)[C@H]1CC[C@]2(OC=O)C(=O)CBr. The van der Waals surface area contributed by atoms with Gasteiger partial charge in [0.1, 0.15) is 0 Å². The molecule has 0 aromatic heterocycles. The molecule has 4 aliphatic rings. The van der Waals surface area contributed by atoms with Crippen molar-refractivity contribution in [3.63, 3.8) is 0 Å². The third-order valence-corrected chi connectivity index (χ3v) is 8.79. The summed E-state index contributed by atoms with van der Waals surface area (Å²) in [6.45, 7) is 4.89. The minimum absolute atomic E-state index is 0.0195. The van der Waals surface area contributed by atoms with Crippen molar-refractivity contribution in [1.82, 2.24) is 0 Å². The molecule has 0 bridgehead atoms. The molecule has 5 atom stereocenters. The highest BCUT2D eigenvalue weighted by molar-refractivity contribution is 9.09. The first kappa shape index (κ1) is 19.1. The van der Waals surface area contributed by atoms with E-state index in [1.807, 2.05) is 6.08 Å². The lowest BCUT2D eigenvalue weighted by Crippen LogP contribution is -2.56. The maximum Gasteiger partial charge on any atom is 0.294 e. The predicted octanol–water partition coefficient (Wildman–Crippen LogP) is 4.31. The van der Waals surface area contributed by atoms with E-state index < -0.39 is 5.60 Å². The van der Waals surface area contributed by atoms with Crippen molar-refractivity contribution in [3.05, 3.63) is 23.3 Å². The fourth-order valence-corrected chi connectivity index (χ4v) is 7.21. The number of halogens is 1. The van der Waals surface area contributed by atoms with E-state index in [9.17, 15) is 14.4 Å². The van der Waals surface area contributed by atoms with Crippen LogP contribution in [0.25, 0.3) is 0 Å². The monoisotopic (exact) mass is 434 g/mol. The molecule has 0 heterocycles. The van der Waals surface area contributed by atoms with Gasteiger partial charge >= 0.3 is 0 Å². The Labute approximate surface area is 168 Å². The molecule has 0 aromatic carbocycles. The standard InChI is InChI=1S/C22H27BrO4/c1-20-8-5-15(25)11-14(20)3-4-16-17(20)6-9-21(2)18(16)7-10-22(21,27-13-24)19(26)12-23/h6,11,13,16,18H,3-5,7-10,12H2,1-2H3/t16-,18+,20+,21+,22+/m1/s1. The zero-order chi connectivity index (χ0) is 19.4. The molecule has 0 radical (unpaired) electrons. The predicted molar refractivity (Wildman–Crippen MR) is 105 cm³/mol. The highest BCUT2D eigenvalue weighted by Crippen LogP contribution is 2.66. The van der Waals surface area contributed by atoms with E-state index in [1.165, 1.54) is 11.1 Å². The van der Waals surface area contributed by atoms with Crippen LogP contribution < -0.4 is 0 Å². The number of hydrogen-bond donors (Lipinski definition) is 0. The number of allylic oxidation sites excluding steroid dienone is 4. The van der Waals surface area contributed by atoms with Gasteiger partial charge in [0.25, 0.3) is 6.47 Å². The summed E-state index contributed by atoms with van der Waals surface area (Å²) in [7, 11) is 0. The average Bonchev–Trinajstić information content (AvgIpc) is 2.95. The third-order valence-electron chi connectivity index (χ3n) is 8.28. The van der Waals surface area contributed by atoms with Gasteiger partial charge in [0.2, 0.25) is 0 Å². The maximum atomic E-state index is 12.9. The summed E-state index contributed by atoms with van der Waals surface area (Å²) >= 11 is 3.30. The number of ketones is 2. The lowest BCUT2D eigenvalue weighted by molar-refractivity contribution is -0.171. The minimum atomic E-state index is -1.02. The Morgan fingerprint density at radius 2 is 2.07 bits per heavy atom. The second-order valence-corrected chi connectivity index (χ2v) is 9.70. The van der Waals surface area contributed by atoms with Gasteiger partial charge in [0, 0.05) is 17.3 Å². The van der Waals surface area contributed by atoms with E-state index in [1.54, 1.807) is 0 Å². The number of rotatable bonds is 4. The molecule has 0 N–H and O–H groups in total. The highest BCUT2D eigenvalue weighted by atomic mass is 79.9. The summed E-state index contributed by atoms with van der Waals surface area (Å²) in [5.41, 5.74) is 1.34. The molecule has 2 saturated carbocycles. The van der Waals surface area contributed by atoms with Gasteiger partial charge in [0.05, 0.1) is 5.33 Å². The molecule has 0 amide bonds. The van der Waals surface area contributed by atoms with Crippen molar-refractivity contribution < 1.29 is 19.1 Å². The molecule has 4 aliphatic carbocycles. The van der Waals surface area contributed by atoms with Gasteiger partial charge in [-0.05, 0) is 56.4 Å². The van der Waals surface area contributed by atoms with Crippen LogP contribution in [0.3, 0.4) is 0 Å². The summed E-state index contributed by atoms with van der Waals surface area (Å²) < 4.78 is 5.60. The number of alkyl halides is 1. The second kappa shape index (κ2) is 6.40. The van der Waals surface area contributed by atoms with Gasteiger partial charge in [0.15, 0.2) is 17.2 Å². The summed E-state index contributed by atoms with van der Waals surface area (Å²) in [4.78, 5) is 36.1. The number of fused-ring (bicyclic) bond motifs is 5. The van der Waals surface area contributed by atoms with Gasteiger partial charge in [-0.2, -0.15) is 0 Å². The van der Waals surface area contributed by atoms with Gasteiger partial charge < -0.3 is 4.74 Å². The quantitative estimate of drug-likeness (QED) is 0.375. The second-order valence-electron chi connectivity index (χ2n) is 9.14. The third kappa shape index (κ3) is 2.43. The van der Waals surface area contributed by atoms with Crippen LogP contribution >= 0.6 is 15.9 Å². The van der Waals surface area contributed by atoms with Crippen LogP contribution in [0.1, 0.15) is 58.8 Å². The fourth-order valence-electron chi connectivity index (χ4n) is 6.76. The first-order valence-electron chi connectivity index (χ1n) is 9.97.